The van der Waals surface area contributed by atoms with E-state index in [9.17, 15) is 23.4 Å². The summed E-state index contributed by atoms with van der Waals surface area (Å²) in [5.41, 5.74) is -2.24. The van der Waals surface area contributed by atoms with Gasteiger partial charge in [-0.15, -0.1) is 0 Å². The fourth-order valence-electron chi connectivity index (χ4n) is 8.54. The van der Waals surface area contributed by atoms with E-state index in [0.29, 0.717) is 32.1 Å². The van der Waals surface area contributed by atoms with E-state index < -0.39 is 33.1 Å². The first-order valence-corrected chi connectivity index (χ1v) is 13.4. The minimum absolute atomic E-state index is 0.0290. The maximum atomic E-state index is 12.2. The van der Waals surface area contributed by atoms with Crippen molar-refractivity contribution in [1.82, 2.24) is 0 Å². The molecule has 33 heavy (non-hydrogen) atoms. The lowest BCUT2D eigenvalue weighted by Crippen LogP contribution is -2.67. The van der Waals surface area contributed by atoms with E-state index in [1.165, 1.54) is 12.3 Å². The number of hydrogen-bond donors (Lipinski definition) is 3. The summed E-state index contributed by atoms with van der Waals surface area (Å²) in [5.74, 6) is 0.232. The second-order valence-electron chi connectivity index (χ2n) is 11.4. The SMILES string of the molecule is C[C@]12CC[C@H](OS(=O)(=O)O)C[C@@]1(O)CC[C@@H]1[C@@H]2CC[C@]2(C)[C@@H](c3ccc(=O)oc3)CC[C@]12O. The molecular weight excluding hydrogens is 448 g/mol. The van der Waals surface area contributed by atoms with Crippen LogP contribution in [0.2, 0.25) is 0 Å². The van der Waals surface area contributed by atoms with Crippen molar-refractivity contribution in [3.05, 3.63) is 34.4 Å². The van der Waals surface area contributed by atoms with E-state index in [0.717, 1.165) is 24.8 Å². The number of rotatable bonds is 3. The maximum absolute atomic E-state index is 12.2. The molecule has 3 N–H and O–H groups in total. The van der Waals surface area contributed by atoms with Crippen LogP contribution in [0.1, 0.15) is 83.1 Å². The Morgan fingerprint density at radius 3 is 2.33 bits per heavy atom. The van der Waals surface area contributed by atoms with Crippen molar-refractivity contribution in [1.29, 1.82) is 0 Å². The highest BCUT2D eigenvalue weighted by Gasteiger charge is 2.70. The zero-order valence-electron chi connectivity index (χ0n) is 19.2. The lowest BCUT2D eigenvalue weighted by Gasteiger charge is -2.66. The first-order valence-electron chi connectivity index (χ1n) is 12.0. The molecule has 1 aromatic heterocycles. The summed E-state index contributed by atoms with van der Waals surface area (Å²) in [6.45, 7) is 4.24. The lowest BCUT2D eigenvalue weighted by molar-refractivity contribution is -0.252. The summed E-state index contributed by atoms with van der Waals surface area (Å²) >= 11 is 0. The molecule has 9 heteroatoms. The van der Waals surface area contributed by atoms with E-state index in [1.54, 1.807) is 0 Å². The Morgan fingerprint density at radius 1 is 0.970 bits per heavy atom. The highest BCUT2D eigenvalue weighted by atomic mass is 32.3. The van der Waals surface area contributed by atoms with Crippen molar-refractivity contribution < 1.29 is 31.8 Å². The van der Waals surface area contributed by atoms with Crippen LogP contribution in [0, 0.1) is 22.7 Å². The highest BCUT2D eigenvalue weighted by Crippen LogP contribution is 2.71. The number of fused-ring (bicyclic) bond motifs is 5. The Labute approximate surface area is 194 Å². The normalized spacial score (nSPS) is 47.4. The van der Waals surface area contributed by atoms with Gasteiger partial charge in [0.1, 0.15) is 0 Å². The molecule has 8 atom stereocenters. The van der Waals surface area contributed by atoms with Crippen LogP contribution >= 0.6 is 0 Å². The Hall–Kier alpha value is -1.26. The molecule has 0 spiro atoms. The van der Waals surface area contributed by atoms with Gasteiger partial charge in [0.2, 0.25) is 0 Å². The monoisotopic (exact) mass is 482 g/mol. The van der Waals surface area contributed by atoms with Crippen LogP contribution in [0.25, 0.3) is 0 Å². The molecule has 1 heterocycles. The summed E-state index contributed by atoms with van der Waals surface area (Å²) in [6, 6.07) is 3.26. The predicted molar refractivity (Wildman–Crippen MR) is 119 cm³/mol. The van der Waals surface area contributed by atoms with Gasteiger partial charge in [0.25, 0.3) is 0 Å². The van der Waals surface area contributed by atoms with E-state index in [-0.39, 0.29) is 35.2 Å². The average Bonchev–Trinajstić information content (AvgIpc) is 3.00. The zero-order valence-corrected chi connectivity index (χ0v) is 20.0. The van der Waals surface area contributed by atoms with Crippen LogP contribution < -0.4 is 5.63 Å². The second-order valence-corrected chi connectivity index (χ2v) is 12.5. The van der Waals surface area contributed by atoms with Crippen LogP contribution in [0.15, 0.2) is 27.6 Å². The molecule has 5 rings (SSSR count). The fraction of sp³-hybridized carbons (Fsp3) is 0.792. The van der Waals surface area contributed by atoms with Gasteiger partial charge in [0.05, 0.1) is 23.6 Å². The standard InChI is InChI=1S/C24H34O8S/c1-21-9-5-16(32-33(28,29)30)13-23(21,26)11-7-19-18(21)6-10-22(2)17(8-12-24(19,22)27)15-3-4-20(25)31-14-15/h3-4,14,16-19,26-27H,5-13H2,1-2H3,(H,28,29,30)/t16-,17+,18-,19+,21+,22+,23-,24-/m0/s1. The molecule has 8 nitrogen and oxygen atoms in total. The minimum atomic E-state index is -4.57. The minimum Gasteiger partial charge on any atom is -0.431 e. The topological polar surface area (TPSA) is 134 Å². The van der Waals surface area contributed by atoms with Crippen molar-refractivity contribution in [3.8, 4) is 0 Å². The molecule has 0 saturated heterocycles. The highest BCUT2D eigenvalue weighted by molar-refractivity contribution is 7.80. The number of aliphatic hydroxyl groups is 2. The zero-order chi connectivity index (χ0) is 23.9. The Morgan fingerprint density at radius 2 is 1.67 bits per heavy atom. The van der Waals surface area contributed by atoms with Crippen molar-refractivity contribution in [3.63, 3.8) is 0 Å². The molecule has 4 aliphatic rings. The first-order chi connectivity index (χ1) is 15.3. The van der Waals surface area contributed by atoms with Gasteiger partial charge >= 0.3 is 16.0 Å². The van der Waals surface area contributed by atoms with Gasteiger partial charge in [-0.3, -0.25) is 4.55 Å². The van der Waals surface area contributed by atoms with Gasteiger partial charge in [-0.1, -0.05) is 13.8 Å². The van der Waals surface area contributed by atoms with E-state index in [4.69, 9.17) is 13.2 Å². The molecule has 1 aromatic rings. The smallest absolute Gasteiger partial charge is 0.397 e. The van der Waals surface area contributed by atoms with E-state index >= 15 is 0 Å². The molecule has 0 aliphatic heterocycles. The summed E-state index contributed by atoms with van der Waals surface area (Å²) in [6.07, 6.45) is 6.21. The van der Waals surface area contributed by atoms with E-state index in [1.807, 2.05) is 6.07 Å². The van der Waals surface area contributed by atoms with E-state index in [2.05, 4.69) is 13.8 Å². The Kier molecular flexibility index (Phi) is 5.24. The quantitative estimate of drug-likeness (QED) is 0.559. The van der Waals surface area contributed by atoms with Crippen LogP contribution in [-0.4, -0.2) is 40.5 Å². The van der Waals surface area contributed by atoms with Gasteiger partial charge in [-0.25, -0.2) is 8.98 Å². The average molecular weight is 483 g/mol. The van der Waals surface area contributed by atoms with Crippen LogP contribution in [0.5, 0.6) is 0 Å². The van der Waals surface area contributed by atoms with Crippen molar-refractivity contribution in [2.45, 2.75) is 94.9 Å². The largest absolute Gasteiger partial charge is 0.431 e. The fourth-order valence-corrected chi connectivity index (χ4v) is 9.04. The molecule has 0 amide bonds. The second kappa shape index (κ2) is 7.37. The molecule has 4 saturated carbocycles. The van der Waals surface area contributed by atoms with Crippen LogP contribution in [-0.2, 0) is 14.6 Å². The lowest BCUT2D eigenvalue weighted by atomic mass is 9.42. The van der Waals surface area contributed by atoms with Gasteiger partial charge in [-0.2, -0.15) is 8.42 Å². The first kappa shape index (κ1) is 23.5. The van der Waals surface area contributed by atoms with Crippen molar-refractivity contribution >= 4 is 10.4 Å². The summed E-state index contributed by atoms with van der Waals surface area (Å²) < 4.78 is 41.6. The Balaban J connectivity index is 1.44. The van der Waals surface area contributed by atoms with Gasteiger partial charge in [0, 0.05) is 17.9 Å². The van der Waals surface area contributed by atoms with Crippen LogP contribution in [0.3, 0.4) is 0 Å². The van der Waals surface area contributed by atoms with Crippen molar-refractivity contribution in [2.24, 2.45) is 22.7 Å². The molecule has 0 aromatic carbocycles. The molecule has 184 valence electrons. The van der Waals surface area contributed by atoms with Gasteiger partial charge in [-0.05, 0) is 86.2 Å². The molecule has 0 unspecified atom stereocenters. The third kappa shape index (κ3) is 3.37. The summed E-state index contributed by atoms with van der Waals surface area (Å²) in [4.78, 5) is 11.5. The molecule has 0 bridgehead atoms. The third-order valence-electron chi connectivity index (χ3n) is 10.3. The maximum Gasteiger partial charge on any atom is 0.397 e. The summed E-state index contributed by atoms with van der Waals surface area (Å²) in [5, 5.41) is 24.0. The van der Waals surface area contributed by atoms with Gasteiger partial charge < -0.3 is 14.6 Å². The Bertz CT molecular complexity index is 1080. The molecule has 0 radical (unpaired) electrons. The predicted octanol–water partition coefficient (Wildman–Crippen LogP) is 3.18. The van der Waals surface area contributed by atoms with Gasteiger partial charge in [0.15, 0.2) is 0 Å². The number of hydrogen-bond acceptors (Lipinski definition) is 7. The molecular formula is C24H34O8S. The van der Waals surface area contributed by atoms with Crippen molar-refractivity contribution in [2.75, 3.05) is 0 Å². The molecule has 4 fully saturated rings. The van der Waals surface area contributed by atoms with Crippen LogP contribution in [0.4, 0.5) is 0 Å². The summed E-state index contributed by atoms with van der Waals surface area (Å²) in [7, 11) is -4.57. The third-order valence-corrected chi connectivity index (χ3v) is 10.8. The molecule has 4 aliphatic carbocycles.